The highest BCUT2D eigenvalue weighted by molar-refractivity contribution is 6.76. The normalized spacial score (nSPS) is 14.4. The van der Waals surface area contributed by atoms with E-state index in [1.54, 1.807) is 0 Å². The molecule has 0 atom stereocenters. The minimum Gasteiger partial charge on any atom is -0.300 e. The highest BCUT2D eigenvalue weighted by Crippen LogP contribution is 2.09. The first-order valence-electron chi connectivity index (χ1n) is 4.22. The molecule has 0 heterocycles. The van der Waals surface area contributed by atoms with Crippen molar-refractivity contribution >= 4 is 14.3 Å². The van der Waals surface area contributed by atoms with Crippen molar-refractivity contribution in [2.24, 2.45) is 10.4 Å². The third kappa shape index (κ3) is 9.89. The first-order chi connectivity index (χ1) is 4.71. The SMILES string of the molecule is CC(C)(C)/C=N/C[Si](C)(C)C. The maximum Gasteiger partial charge on any atom is 0.0692 e. The van der Waals surface area contributed by atoms with Gasteiger partial charge in [-0.3, -0.25) is 0 Å². The molecule has 0 radical (unpaired) electrons. The van der Waals surface area contributed by atoms with Gasteiger partial charge in [-0.25, -0.2) is 0 Å². The lowest BCUT2D eigenvalue weighted by Gasteiger charge is -2.14. The second-order valence-corrected chi connectivity index (χ2v) is 10.8. The molecule has 2 heteroatoms. The van der Waals surface area contributed by atoms with Crippen LogP contribution in [0.25, 0.3) is 0 Å². The van der Waals surface area contributed by atoms with Crippen LogP contribution in [0.15, 0.2) is 4.99 Å². The average molecular weight is 171 g/mol. The van der Waals surface area contributed by atoms with E-state index in [0.717, 1.165) is 6.17 Å². The minimum absolute atomic E-state index is 0.250. The topological polar surface area (TPSA) is 12.4 Å². The van der Waals surface area contributed by atoms with Gasteiger partial charge >= 0.3 is 0 Å². The molecule has 0 saturated heterocycles. The molecule has 0 fully saturated rings. The summed E-state index contributed by atoms with van der Waals surface area (Å²) in [6, 6.07) is 0. The molecule has 0 aromatic rings. The molecule has 0 unspecified atom stereocenters. The minimum atomic E-state index is -0.955. The first kappa shape index (κ1) is 10.9. The molecular weight excluding hydrogens is 150 g/mol. The van der Waals surface area contributed by atoms with Crippen LogP contribution in [0, 0.1) is 5.41 Å². The van der Waals surface area contributed by atoms with Crippen LogP contribution in [-0.2, 0) is 0 Å². The summed E-state index contributed by atoms with van der Waals surface area (Å²) in [5.41, 5.74) is 0.250. The van der Waals surface area contributed by atoms with Crippen LogP contribution in [0.1, 0.15) is 20.8 Å². The van der Waals surface area contributed by atoms with Gasteiger partial charge in [-0.05, 0) is 5.41 Å². The molecule has 0 saturated carbocycles. The largest absolute Gasteiger partial charge is 0.300 e. The maximum absolute atomic E-state index is 4.45. The van der Waals surface area contributed by atoms with Gasteiger partial charge in [0.25, 0.3) is 0 Å². The fourth-order valence-corrected chi connectivity index (χ4v) is 1.23. The number of nitrogens with zero attached hydrogens (tertiary/aromatic N) is 1. The van der Waals surface area contributed by atoms with Gasteiger partial charge in [-0.2, -0.15) is 0 Å². The fraction of sp³-hybridized carbons (Fsp3) is 0.889. The standard InChI is InChI=1S/C9H21NSi/c1-9(2,3)7-10-8-11(4,5)6/h7H,8H2,1-6H3/b10-7+. The molecule has 0 aromatic heterocycles. The van der Waals surface area contributed by atoms with Crippen LogP contribution in [0.4, 0.5) is 0 Å². The van der Waals surface area contributed by atoms with Crippen molar-refractivity contribution in [2.45, 2.75) is 40.4 Å². The molecule has 0 N–H and O–H groups in total. The molecule has 0 rings (SSSR count). The van der Waals surface area contributed by atoms with Crippen LogP contribution in [-0.4, -0.2) is 20.5 Å². The quantitative estimate of drug-likeness (QED) is 0.447. The van der Waals surface area contributed by atoms with Gasteiger partial charge < -0.3 is 4.99 Å². The van der Waals surface area contributed by atoms with Gasteiger partial charge in [0.05, 0.1) is 8.07 Å². The van der Waals surface area contributed by atoms with E-state index >= 15 is 0 Å². The molecule has 0 aromatic carbocycles. The molecule has 11 heavy (non-hydrogen) atoms. The van der Waals surface area contributed by atoms with Crippen molar-refractivity contribution in [3.63, 3.8) is 0 Å². The Morgan fingerprint density at radius 2 is 1.64 bits per heavy atom. The second kappa shape index (κ2) is 3.52. The van der Waals surface area contributed by atoms with Gasteiger partial charge in [0.15, 0.2) is 0 Å². The van der Waals surface area contributed by atoms with Crippen molar-refractivity contribution in [3.05, 3.63) is 0 Å². The lowest BCUT2D eigenvalue weighted by molar-refractivity contribution is 0.605. The van der Waals surface area contributed by atoms with Crippen molar-refractivity contribution in [2.75, 3.05) is 6.17 Å². The van der Waals surface area contributed by atoms with Gasteiger partial charge in [-0.15, -0.1) is 0 Å². The monoisotopic (exact) mass is 171 g/mol. The average Bonchev–Trinajstić information content (AvgIpc) is 1.55. The van der Waals surface area contributed by atoms with E-state index in [-0.39, 0.29) is 5.41 Å². The van der Waals surface area contributed by atoms with Gasteiger partial charge in [-0.1, -0.05) is 40.4 Å². The van der Waals surface area contributed by atoms with Crippen LogP contribution in [0.5, 0.6) is 0 Å². The Bertz CT molecular complexity index is 137. The predicted octanol–water partition coefficient (Wildman–Crippen LogP) is 2.98. The molecule has 0 amide bonds. The van der Waals surface area contributed by atoms with Crippen molar-refractivity contribution in [3.8, 4) is 0 Å². The maximum atomic E-state index is 4.45. The zero-order chi connectivity index (χ0) is 9.12. The Morgan fingerprint density at radius 3 is 1.91 bits per heavy atom. The summed E-state index contributed by atoms with van der Waals surface area (Å²) in [4.78, 5) is 4.45. The Morgan fingerprint density at radius 1 is 1.18 bits per heavy atom. The highest BCUT2D eigenvalue weighted by atomic mass is 28.3. The lowest BCUT2D eigenvalue weighted by atomic mass is 9.99. The fourth-order valence-electron chi connectivity index (χ4n) is 0.593. The first-order valence-corrected chi connectivity index (χ1v) is 7.92. The third-order valence-electron chi connectivity index (χ3n) is 1.04. The third-order valence-corrected chi connectivity index (χ3v) is 2.18. The number of hydrogen-bond donors (Lipinski definition) is 0. The zero-order valence-electron chi connectivity index (χ0n) is 8.73. The highest BCUT2D eigenvalue weighted by Gasteiger charge is 2.12. The Kier molecular flexibility index (Phi) is 3.49. The van der Waals surface area contributed by atoms with Gasteiger partial charge in [0.1, 0.15) is 0 Å². The summed E-state index contributed by atoms with van der Waals surface area (Å²) in [5.74, 6) is 0. The van der Waals surface area contributed by atoms with Crippen molar-refractivity contribution in [1.82, 2.24) is 0 Å². The molecule has 0 bridgehead atoms. The van der Waals surface area contributed by atoms with E-state index in [4.69, 9.17) is 0 Å². The molecule has 0 aliphatic heterocycles. The van der Waals surface area contributed by atoms with E-state index in [9.17, 15) is 0 Å². The van der Waals surface area contributed by atoms with E-state index in [0.29, 0.717) is 0 Å². The molecular formula is C9H21NSi. The summed E-state index contributed by atoms with van der Waals surface area (Å²) >= 11 is 0. The van der Waals surface area contributed by atoms with E-state index in [1.165, 1.54) is 0 Å². The molecule has 0 spiro atoms. The van der Waals surface area contributed by atoms with Gasteiger partial charge in [0, 0.05) is 12.4 Å². The van der Waals surface area contributed by atoms with Crippen molar-refractivity contribution in [1.29, 1.82) is 0 Å². The van der Waals surface area contributed by atoms with E-state index < -0.39 is 8.07 Å². The summed E-state index contributed by atoms with van der Waals surface area (Å²) in [6.07, 6.45) is 3.13. The lowest BCUT2D eigenvalue weighted by Crippen LogP contribution is -2.25. The van der Waals surface area contributed by atoms with E-state index in [1.807, 2.05) is 0 Å². The van der Waals surface area contributed by atoms with Crippen LogP contribution in [0.3, 0.4) is 0 Å². The summed E-state index contributed by atoms with van der Waals surface area (Å²) in [5, 5.41) is 0. The van der Waals surface area contributed by atoms with E-state index in [2.05, 4.69) is 51.6 Å². The number of rotatable bonds is 2. The second-order valence-electron chi connectivity index (χ2n) is 5.40. The smallest absolute Gasteiger partial charge is 0.0692 e. The molecule has 1 nitrogen and oxygen atoms in total. The summed E-state index contributed by atoms with van der Waals surface area (Å²) in [6.45, 7) is 13.6. The van der Waals surface area contributed by atoms with Crippen LogP contribution in [0.2, 0.25) is 19.6 Å². The molecule has 66 valence electrons. The van der Waals surface area contributed by atoms with Crippen LogP contribution < -0.4 is 0 Å². The Hall–Kier alpha value is -0.113. The Balaban J connectivity index is 3.80. The van der Waals surface area contributed by atoms with Crippen molar-refractivity contribution < 1.29 is 0 Å². The number of hydrogen-bond acceptors (Lipinski definition) is 1. The molecule has 0 aliphatic rings. The number of aliphatic imine (C=N–C) groups is 1. The summed E-state index contributed by atoms with van der Waals surface area (Å²) in [7, 11) is -0.955. The summed E-state index contributed by atoms with van der Waals surface area (Å²) < 4.78 is 0. The van der Waals surface area contributed by atoms with Gasteiger partial charge in [0.2, 0.25) is 0 Å². The van der Waals surface area contributed by atoms with Crippen LogP contribution >= 0.6 is 0 Å². The predicted molar refractivity (Wildman–Crippen MR) is 56.2 cm³/mol. The zero-order valence-corrected chi connectivity index (χ0v) is 9.73. The molecule has 0 aliphatic carbocycles. The Labute approximate surface area is 71.9 Å².